The Morgan fingerprint density at radius 3 is 2.28 bits per heavy atom. The zero-order valence-electron chi connectivity index (χ0n) is 17.9. The summed E-state index contributed by atoms with van der Waals surface area (Å²) in [5.41, 5.74) is 4.56. The van der Waals surface area contributed by atoms with Crippen LogP contribution in [0.15, 0.2) is 36.6 Å². The van der Waals surface area contributed by atoms with Crippen molar-refractivity contribution in [1.82, 2.24) is 10.3 Å². The standard InChI is InChI=1S/C24H31FN2O2/c1-6-13-26-24(29)21-20(17-9-11-18(25)12-10-17)19(8-7-14-28)22(15(2)3)27-23(21)16(4)5/h7,9-12,14-16,28H,6,8,13H2,1-5H3,(H,26,29). The highest BCUT2D eigenvalue weighted by Crippen LogP contribution is 2.37. The molecule has 2 N–H and O–H groups in total. The fourth-order valence-electron chi connectivity index (χ4n) is 3.42. The lowest BCUT2D eigenvalue weighted by molar-refractivity contribution is 0.0952. The summed E-state index contributed by atoms with van der Waals surface area (Å²) < 4.78 is 13.6. The van der Waals surface area contributed by atoms with Crippen LogP contribution in [-0.4, -0.2) is 22.5 Å². The van der Waals surface area contributed by atoms with Crippen molar-refractivity contribution in [3.8, 4) is 11.1 Å². The highest BCUT2D eigenvalue weighted by atomic mass is 19.1. The highest BCUT2D eigenvalue weighted by molar-refractivity contribution is 6.03. The van der Waals surface area contributed by atoms with Gasteiger partial charge in [0, 0.05) is 17.8 Å². The van der Waals surface area contributed by atoms with Gasteiger partial charge in [0.25, 0.3) is 5.91 Å². The van der Waals surface area contributed by atoms with E-state index in [4.69, 9.17) is 4.98 Å². The molecule has 0 unspecified atom stereocenters. The van der Waals surface area contributed by atoms with Crippen molar-refractivity contribution in [3.63, 3.8) is 0 Å². The Hall–Kier alpha value is -2.69. The smallest absolute Gasteiger partial charge is 0.253 e. The maximum absolute atomic E-state index is 13.6. The Morgan fingerprint density at radius 2 is 1.76 bits per heavy atom. The number of hydrogen-bond donors (Lipinski definition) is 2. The van der Waals surface area contributed by atoms with Crippen LogP contribution < -0.4 is 5.32 Å². The van der Waals surface area contributed by atoms with E-state index < -0.39 is 0 Å². The van der Waals surface area contributed by atoms with Gasteiger partial charge in [0.2, 0.25) is 0 Å². The summed E-state index contributed by atoms with van der Waals surface area (Å²) in [4.78, 5) is 18.1. The zero-order valence-corrected chi connectivity index (χ0v) is 17.9. The maximum Gasteiger partial charge on any atom is 0.253 e. The van der Waals surface area contributed by atoms with Gasteiger partial charge in [-0.1, -0.05) is 46.8 Å². The Labute approximate surface area is 172 Å². The molecule has 5 heteroatoms. The lowest BCUT2D eigenvalue weighted by atomic mass is 9.85. The highest BCUT2D eigenvalue weighted by Gasteiger charge is 2.27. The van der Waals surface area contributed by atoms with Gasteiger partial charge in [0.15, 0.2) is 0 Å². The minimum absolute atomic E-state index is 0.0384. The molecule has 0 atom stereocenters. The van der Waals surface area contributed by atoms with E-state index in [1.165, 1.54) is 12.1 Å². The molecule has 0 bridgehead atoms. The number of rotatable bonds is 8. The number of aromatic nitrogens is 1. The van der Waals surface area contributed by atoms with Crippen molar-refractivity contribution in [1.29, 1.82) is 0 Å². The van der Waals surface area contributed by atoms with E-state index in [9.17, 15) is 14.3 Å². The van der Waals surface area contributed by atoms with Gasteiger partial charge in [0.05, 0.1) is 17.5 Å². The Kier molecular flexibility index (Phi) is 7.94. The predicted molar refractivity (Wildman–Crippen MR) is 116 cm³/mol. The molecule has 4 nitrogen and oxygen atoms in total. The normalized spacial score (nSPS) is 11.6. The summed E-state index contributed by atoms with van der Waals surface area (Å²) in [6.07, 6.45) is 3.90. The lowest BCUT2D eigenvalue weighted by Crippen LogP contribution is -2.28. The third kappa shape index (κ3) is 5.22. The third-order valence-electron chi connectivity index (χ3n) is 4.77. The molecule has 156 valence electrons. The number of benzene rings is 1. The molecule has 0 aliphatic rings. The molecular weight excluding hydrogens is 367 g/mol. The lowest BCUT2D eigenvalue weighted by Gasteiger charge is -2.24. The van der Waals surface area contributed by atoms with Crippen molar-refractivity contribution < 1.29 is 14.3 Å². The van der Waals surface area contributed by atoms with Gasteiger partial charge in [-0.2, -0.15) is 0 Å². The van der Waals surface area contributed by atoms with Crippen LogP contribution in [0.1, 0.15) is 80.2 Å². The molecular formula is C24H31FN2O2. The first-order valence-corrected chi connectivity index (χ1v) is 10.2. The molecule has 1 heterocycles. The van der Waals surface area contributed by atoms with E-state index in [2.05, 4.69) is 19.2 Å². The van der Waals surface area contributed by atoms with Gasteiger partial charge in [-0.25, -0.2) is 4.39 Å². The van der Waals surface area contributed by atoms with Crippen LogP contribution in [-0.2, 0) is 6.42 Å². The number of halogens is 1. The molecule has 0 saturated heterocycles. The first-order valence-electron chi connectivity index (χ1n) is 10.2. The molecule has 0 fully saturated rings. The average molecular weight is 399 g/mol. The largest absolute Gasteiger partial charge is 0.516 e. The van der Waals surface area contributed by atoms with Crippen molar-refractivity contribution in [2.45, 2.75) is 59.3 Å². The van der Waals surface area contributed by atoms with Crippen LogP contribution in [0.4, 0.5) is 4.39 Å². The topological polar surface area (TPSA) is 62.2 Å². The Balaban J connectivity index is 2.93. The van der Waals surface area contributed by atoms with Crippen molar-refractivity contribution in [3.05, 3.63) is 64.9 Å². The molecule has 0 spiro atoms. The minimum Gasteiger partial charge on any atom is -0.516 e. The van der Waals surface area contributed by atoms with Gasteiger partial charge in [0.1, 0.15) is 5.82 Å². The average Bonchev–Trinajstić information content (AvgIpc) is 2.69. The van der Waals surface area contributed by atoms with Crippen molar-refractivity contribution >= 4 is 5.91 Å². The number of carbonyl (C=O) groups excluding carboxylic acids is 1. The van der Waals surface area contributed by atoms with Crippen LogP contribution in [0.5, 0.6) is 0 Å². The van der Waals surface area contributed by atoms with Gasteiger partial charge in [-0.15, -0.1) is 0 Å². The van der Waals surface area contributed by atoms with E-state index in [0.717, 1.165) is 40.8 Å². The van der Waals surface area contributed by atoms with E-state index >= 15 is 0 Å². The third-order valence-corrected chi connectivity index (χ3v) is 4.77. The molecule has 1 amide bonds. The predicted octanol–water partition coefficient (Wildman–Crippen LogP) is 5.89. The van der Waals surface area contributed by atoms with Gasteiger partial charge in [-0.3, -0.25) is 9.78 Å². The molecule has 1 aromatic heterocycles. The van der Waals surface area contributed by atoms with Crippen LogP contribution in [0, 0.1) is 5.82 Å². The summed E-state index contributed by atoms with van der Waals surface area (Å²) in [5.74, 6) is -0.338. The molecule has 1 aromatic carbocycles. The Bertz CT molecular complexity index is 871. The molecule has 0 aliphatic heterocycles. The number of allylic oxidation sites excluding steroid dienone is 1. The molecule has 0 saturated carbocycles. The van der Waals surface area contributed by atoms with Gasteiger partial charge in [-0.05, 0) is 54.0 Å². The number of carbonyl (C=O) groups is 1. The monoisotopic (exact) mass is 398 g/mol. The fourth-order valence-corrected chi connectivity index (χ4v) is 3.42. The number of aliphatic hydroxyl groups excluding tert-OH is 1. The minimum atomic E-state index is -0.329. The van der Waals surface area contributed by atoms with Crippen molar-refractivity contribution in [2.24, 2.45) is 0 Å². The summed E-state index contributed by atoms with van der Waals surface area (Å²) in [6.45, 7) is 10.7. The molecule has 0 aliphatic carbocycles. The quantitative estimate of drug-likeness (QED) is 0.545. The van der Waals surface area contributed by atoms with E-state index in [1.807, 2.05) is 20.8 Å². The second-order valence-corrected chi connectivity index (χ2v) is 7.77. The Morgan fingerprint density at radius 1 is 1.14 bits per heavy atom. The molecule has 2 rings (SSSR count). The van der Waals surface area contributed by atoms with E-state index in [0.29, 0.717) is 18.5 Å². The van der Waals surface area contributed by atoms with Gasteiger partial charge < -0.3 is 10.4 Å². The van der Waals surface area contributed by atoms with E-state index in [-0.39, 0.29) is 23.6 Å². The summed E-state index contributed by atoms with van der Waals surface area (Å²) in [5, 5.41) is 12.2. The summed E-state index contributed by atoms with van der Waals surface area (Å²) >= 11 is 0. The summed E-state index contributed by atoms with van der Waals surface area (Å²) in [7, 11) is 0. The number of pyridine rings is 1. The number of nitrogens with one attached hydrogen (secondary N) is 1. The maximum atomic E-state index is 13.6. The van der Waals surface area contributed by atoms with Crippen molar-refractivity contribution in [2.75, 3.05) is 6.54 Å². The SMILES string of the molecule is CCCNC(=O)c1c(C(C)C)nc(C(C)C)c(CC=CO)c1-c1ccc(F)cc1. The molecule has 0 radical (unpaired) electrons. The first kappa shape index (κ1) is 22.6. The van der Waals surface area contributed by atoms with Crippen LogP contribution in [0.3, 0.4) is 0 Å². The molecule has 29 heavy (non-hydrogen) atoms. The second-order valence-electron chi connectivity index (χ2n) is 7.77. The number of hydrogen-bond acceptors (Lipinski definition) is 3. The summed E-state index contributed by atoms with van der Waals surface area (Å²) in [6, 6.07) is 6.20. The first-order chi connectivity index (χ1) is 13.8. The zero-order chi connectivity index (χ0) is 21.6. The van der Waals surface area contributed by atoms with Crippen LogP contribution >= 0.6 is 0 Å². The second kappa shape index (κ2) is 10.2. The van der Waals surface area contributed by atoms with Gasteiger partial charge >= 0.3 is 0 Å². The van der Waals surface area contributed by atoms with Crippen LogP contribution in [0.25, 0.3) is 11.1 Å². The number of nitrogens with zero attached hydrogens (tertiary/aromatic N) is 1. The fraction of sp³-hybridized carbons (Fsp3) is 0.417. The van der Waals surface area contributed by atoms with Crippen LogP contribution in [0.2, 0.25) is 0 Å². The molecule has 2 aromatic rings. The number of amides is 1. The number of aliphatic hydroxyl groups is 1. The van der Waals surface area contributed by atoms with E-state index in [1.54, 1.807) is 18.2 Å².